The summed E-state index contributed by atoms with van der Waals surface area (Å²) < 4.78 is 19.1. The van der Waals surface area contributed by atoms with Crippen molar-refractivity contribution in [2.24, 2.45) is 5.92 Å². The van der Waals surface area contributed by atoms with Gasteiger partial charge in [0.05, 0.1) is 25.9 Å². The van der Waals surface area contributed by atoms with Crippen molar-refractivity contribution in [2.75, 3.05) is 12.9 Å². The summed E-state index contributed by atoms with van der Waals surface area (Å²) in [5.74, 6) is 1.63. The van der Waals surface area contributed by atoms with Gasteiger partial charge in [0, 0.05) is 35.2 Å². The molecule has 49 heavy (non-hydrogen) atoms. The number of methoxy groups -OCH3 is 1. The molecule has 0 spiro atoms. The number of urea groups is 1. The topological polar surface area (TPSA) is 89.1 Å². The number of benzene rings is 5. The number of hydrogen-bond acceptors (Lipinski definition) is 6. The summed E-state index contributed by atoms with van der Waals surface area (Å²) in [4.78, 5) is 13.5. The van der Waals surface area contributed by atoms with Crippen LogP contribution < -0.4 is 15.4 Å². The quantitative estimate of drug-likeness (QED) is 0.115. The fourth-order valence-electron chi connectivity index (χ4n) is 5.97. The monoisotopic (exact) mass is 674 g/mol. The van der Waals surface area contributed by atoms with Gasteiger partial charge in [0.25, 0.3) is 0 Å². The van der Waals surface area contributed by atoms with Crippen molar-refractivity contribution < 1.29 is 24.1 Å². The van der Waals surface area contributed by atoms with Crippen LogP contribution in [-0.2, 0) is 29.2 Å². The zero-order chi connectivity index (χ0) is 34.0. The number of aliphatic hydroxyl groups excluding tert-OH is 1. The Kier molecular flexibility index (Phi) is 11.7. The standard InChI is InChI=1S/C41H42N2O5S/c1-28-37(27-49-38-17-7-6-16-36(38)46-2)47-40(48-39(28)32-20-18-30(26-44)19-21-32)35-15-9-14-34(23-35)33-13-8-12-31(22-33)25-43-41(45)42-24-29-10-4-3-5-11-29/h3-23,28,37,39-40,44H,24-27H2,1-2H3,(H2,42,43,45)/t28-,37+,39+,40+/m1/s1. The molecule has 5 aromatic rings. The molecule has 0 unspecified atom stereocenters. The molecular formula is C41H42N2O5S. The van der Waals surface area contributed by atoms with E-state index in [1.807, 2.05) is 97.1 Å². The summed E-state index contributed by atoms with van der Waals surface area (Å²) in [5, 5.41) is 15.5. The highest BCUT2D eigenvalue weighted by atomic mass is 32.2. The van der Waals surface area contributed by atoms with Crippen LogP contribution in [0.5, 0.6) is 5.75 Å². The highest BCUT2D eigenvalue weighted by molar-refractivity contribution is 7.99. The lowest BCUT2D eigenvalue weighted by atomic mass is 9.91. The van der Waals surface area contributed by atoms with Crippen molar-refractivity contribution in [3.05, 3.63) is 155 Å². The maximum Gasteiger partial charge on any atom is 0.315 e. The number of para-hydroxylation sites is 1. The van der Waals surface area contributed by atoms with Gasteiger partial charge >= 0.3 is 6.03 Å². The van der Waals surface area contributed by atoms with Crippen molar-refractivity contribution >= 4 is 17.8 Å². The van der Waals surface area contributed by atoms with Crippen molar-refractivity contribution in [3.63, 3.8) is 0 Å². The van der Waals surface area contributed by atoms with Gasteiger partial charge in [-0.05, 0) is 57.6 Å². The van der Waals surface area contributed by atoms with Crippen LogP contribution in [-0.4, -0.2) is 30.1 Å². The number of amides is 2. The number of nitrogens with one attached hydrogen (secondary N) is 2. The van der Waals surface area contributed by atoms with Crippen LogP contribution in [0.25, 0.3) is 11.1 Å². The third-order valence-corrected chi connectivity index (χ3v) is 9.91. The van der Waals surface area contributed by atoms with Gasteiger partial charge in [-0.2, -0.15) is 0 Å². The second kappa shape index (κ2) is 16.7. The van der Waals surface area contributed by atoms with E-state index in [0.29, 0.717) is 13.1 Å². The van der Waals surface area contributed by atoms with E-state index in [9.17, 15) is 9.90 Å². The molecule has 1 saturated heterocycles. The molecule has 3 N–H and O–H groups in total. The van der Waals surface area contributed by atoms with E-state index >= 15 is 0 Å². The number of rotatable bonds is 12. The van der Waals surface area contributed by atoms with Gasteiger partial charge in [0.15, 0.2) is 6.29 Å². The fourth-order valence-corrected chi connectivity index (χ4v) is 7.16. The smallest absolute Gasteiger partial charge is 0.315 e. The Morgan fingerprint density at radius 2 is 1.41 bits per heavy atom. The highest BCUT2D eigenvalue weighted by Crippen LogP contribution is 2.44. The molecule has 0 radical (unpaired) electrons. The van der Waals surface area contributed by atoms with Gasteiger partial charge in [-0.3, -0.25) is 0 Å². The summed E-state index contributed by atoms with van der Waals surface area (Å²) in [6.45, 7) is 3.05. The number of carbonyl (C=O) groups is 1. The molecule has 2 amide bonds. The molecule has 252 valence electrons. The van der Waals surface area contributed by atoms with Gasteiger partial charge in [-0.15, -0.1) is 11.8 Å². The molecule has 0 bridgehead atoms. The Hall–Kier alpha value is -4.60. The summed E-state index contributed by atoms with van der Waals surface area (Å²) in [6.07, 6.45) is -0.900. The number of ether oxygens (including phenoxy) is 3. The summed E-state index contributed by atoms with van der Waals surface area (Å²) in [5.41, 5.74) is 6.95. The van der Waals surface area contributed by atoms with Crippen molar-refractivity contribution in [1.82, 2.24) is 10.6 Å². The van der Waals surface area contributed by atoms with Gasteiger partial charge in [-0.1, -0.05) is 110 Å². The molecule has 8 heteroatoms. The molecule has 1 fully saturated rings. The lowest BCUT2D eigenvalue weighted by Gasteiger charge is -2.41. The normalized spacial score (nSPS) is 18.8. The highest BCUT2D eigenvalue weighted by Gasteiger charge is 2.38. The average molecular weight is 675 g/mol. The number of thioether (sulfide) groups is 1. The van der Waals surface area contributed by atoms with E-state index in [2.05, 4.69) is 47.9 Å². The summed E-state index contributed by atoms with van der Waals surface area (Å²) >= 11 is 1.72. The zero-order valence-electron chi connectivity index (χ0n) is 27.8. The third-order valence-electron chi connectivity index (χ3n) is 8.76. The van der Waals surface area contributed by atoms with Crippen LogP contribution in [0.2, 0.25) is 0 Å². The maximum atomic E-state index is 12.5. The van der Waals surface area contributed by atoms with Gasteiger partial charge in [0.1, 0.15) is 5.75 Å². The molecule has 0 saturated carbocycles. The molecule has 5 aromatic carbocycles. The lowest BCUT2D eigenvalue weighted by molar-refractivity contribution is -0.268. The SMILES string of the molecule is COc1ccccc1SC[C@@H]1O[C@H](c2cccc(-c3cccc(CNC(=O)NCc4ccccc4)c3)c2)O[C@H](c2ccc(CO)cc2)[C@@H]1C. The van der Waals surface area contributed by atoms with Gasteiger partial charge in [-0.25, -0.2) is 4.79 Å². The van der Waals surface area contributed by atoms with Crippen LogP contribution in [0.4, 0.5) is 4.79 Å². The molecule has 1 aliphatic heterocycles. The first-order valence-electron chi connectivity index (χ1n) is 16.5. The minimum atomic E-state index is -0.583. The molecule has 1 aliphatic rings. The molecular weight excluding hydrogens is 633 g/mol. The molecule has 7 nitrogen and oxygen atoms in total. The van der Waals surface area contributed by atoms with Crippen molar-refractivity contribution in [1.29, 1.82) is 0 Å². The fraction of sp³-hybridized carbons (Fsp3) is 0.244. The lowest BCUT2D eigenvalue weighted by Crippen LogP contribution is -2.38. The number of carbonyl (C=O) groups excluding carboxylic acids is 1. The van der Waals surface area contributed by atoms with Gasteiger partial charge < -0.3 is 30.0 Å². The Morgan fingerprint density at radius 1 is 0.735 bits per heavy atom. The van der Waals surface area contributed by atoms with E-state index in [1.54, 1.807) is 18.9 Å². The number of aliphatic hydroxyl groups is 1. The Bertz CT molecular complexity index is 1820. The van der Waals surface area contributed by atoms with Crippen molar-refractivity contribution in [3.8, 4) is 16.9 Å². The van der Waals surface area contributed by atoms with E-state index < -0.39 is 6.29 Å². The second-order valence-electron chi connectivity index (χ2n) is 12.1. The average Bonchev–Trinajstić information content (AvgIpc) is 3.16. The van der Waals surface area contributed by atoms with Crippen LogP contribution in [0, 0.1) is 5.92 Å². The first-order chi connectivity index (χ1) is 24.0. The maximum absolute atomic E-state index is 12.5. The molecule has 6 rings (SSSR count). The first kappa shape index (κ1) is 34.3. The summed E-state index contributed by atoms with van der Waals surface area (Å²) in [7, 11) is 1.69. The van der Waals surface area contributed by atoms with E-state index in [0.717, 1.165) is 55.3 Å². The van der Waals surface area contributed by atoms with E-state index in [1.165, 1.54) is 0 Å². The van der Waals surface area contributed by atoms with Crippen LogP contribution >= 0.6 is 11.8 Å². The van der Waals surface area contributed by atoms with Crippen LogP contribution in [0.3, 0.4) is 0 Å². The van der Waals surface area contributed by atoms with E-state index in [4.69, 9.17) is 14.2 Å². The number of hydrogen-bond donors (Lipinski definition) is 3. The summed E-state index contributed by atoms with van der Waals surface area (Å²) in [6, 6.07) is 42.1. The Morgan fingerprint density at radius 3 is 2.16 bits per heavy atom. The molecule has 0 aromatic heterocycles. The Balaban J connectivity index is 1.18. The predicted octanol–water partition coefficient (Wildman–Crippen LogP) is 8.44. The molecule has 4 atom stereocenters. The van der Waals surface area contributed by atoms with Crippen molar-refractivity contribution in [2.45, 2.75) is 50.0 Å². The largest absolute Gasteiger partial charge is 0.496 e. The minimum Gasteiger partial charge on any atom is -0.496 e. The van der Waals surface area contributed by atoms with Gasteiger partial charge in [0.2, 0.25) is 0 Å². The minimum absolute atomic E-state index is 0.00320. The third kappa shape index (κ3) is 8.90. The van der Waals surface area contributed by atoms with Crippen LogP contribution in [0.15, 0.2) is 132 Å². The Labute approximate surface area is 292 Å². The van der Waals surface area contributed by atoms with E-state index in [-0.39, 0.29) is 30.8 Å². The zero-order valence-corrected chi connectivity index (χ0v) is 28.6. The second-order valence-corrected chi connectivity index (χ2v) is 13.2. The molecule has 0 aliphatic carbocycles. The molecule has 1 heterocycles. The predicted molar refractivity (Wildman–Crippen MR) is 194 cm³/mol. The first-order valence-corrected chi connectivity index (χ1v) is 17.5. The van der Waals surface area contributed by atoms with Crippen LogP contribution in [0.1, 0.15) is 47.1 Å².